The SMILES string of the molecule is Cc1nc(CCc2ccc(Nc3ccc(F)cc3)nc2)nc2c1N(C)C(=O)C(C)N2C. The maximum Gasteiger partial charge on any atom is 0.249 e. The highest BCUT2D eigenvalue weighted by atomic mass is 19.1. The first kappa shape index (κ1) is 20.7. The molecule has 1 atom stereocenters. The molecule has 3 aromatic rings. The summed E-state index contributed by atoms with van der Waals surface area (Å²) >= 11 is 0. The second kappa shape index (κ2) is 8.29. The molecule has 7 nitrogen and oxygen atoms in total. The molecule has 0 bridgehead atoms. The fraction of sp³-hybridized carbons (Fsp3) is 0.304. The van der Waals surface area contributed by atoms with E-state index in [0.717, 1.165) is 40.7 Å². The molecule has 1 N–H and O–H groups in total. The van der Waals surface area contributed by atoms with E-state index < -0.39 is 0 Å². The van der Waals surface area contributed by atoms with Crippen LogP contribution in [-0.4, -0.2) is 41.0 Å². The summed E-state index contributed by atoms with van der Waals surface area (Å²) in [5, 5.41) is 3.15. The summed E-state index contributed by atoms with van der Waals surface area (Å²) in [6, 6.07) is 9.79. The fourth-order valence-corrected chi connectivity index (χ4v) is 3.68. The molecule has 1 aliphatic heterocycles. The third-order valence-corrected chi connectivity index (χ3v) is 5.60. The smallest absolute Gasteiger partial charge is 0.249 e. The van der Waals surface area contributed by atoms with Crippen molar-refractivity contribution in [2.75, 3.05) is 29.2 Å². The lowest BCUT2D eigenvalue weighted by Gasteiger charge is -2.37. The highest BCUT2D eigenvalue weighted by molar-refractivity contribution is 6.04. The van der Waals surface area contributed by atoms with Gasteiger partial charge in [0.15, 0.2) is 5.82 Å². The molecule has 1 amide bonds. The molecule has 0 spiro atoms. The number of amides is 1. The van der Waals surface area contributed by atoms with Gasteiger partial charge in [-0.1, -0.05) is 6.07 Å². The van der Waals surface area contributed by atoms with Gasteiger partial charge in [0, 0.05) is 32.4 Å². The number of hydrogen-bond donors (Lipinski definition) is 1. The molecular weight excluding hydrogens is 395 g/mol. The van der Waals surface area contributed by atoms with E-state index in [9.17, 15) is 9.18 Å². The molecule has 8 heteroatoms. The third-order valence-electron chi connectivity index (χ3n) is 5.60. The van der Waals surface area contributed by atoms with Crippen LogP contribution in [0.4, 0.5) is 27.4 Å². The van der Waals surface area contributed by atoms with Crippen molar-refractivity contribution >= 4 is 28.9 Å². The maximum atomic E-state index is 13.0. The number of aromatic nitrogens is 3. The Hall–Kier alpha value is -3.55. The van der Waals surface area contributed by atoms with Crippen molar-refractivity contribution in [1.82, 2.24) is 15.0 Å². The Labute approximate surface area is 181 Å². The number of carbonyl (C=O) groups excluding carboxylic acids is 1. The summed E-state index contributed by atoms with van der Waals surface area (Å²) in [6.45, 7) is 3.79. The second-order valence-electron chi connectivity index (χ2n) is 7.77. The summed E-state index contributed by atoms with van der Waals surface area (Å²) in [7, 11) is 3.66. The Bertz CT molecular complexity index is 1100. The largest absolute Gasteiger partial charge is 0.346 e. The molecular formula is C23H25FN6O. The second-order valence-corrected chi connectivity index (χ2v) is 7.77. The number of nitrogens with one attached hydrogen (secondary N) is 1. The minimum atomic E-state index is -0.271. The Balaban J connectivity index is 1.45. The molecule has 0 aliphatic carbocycles. The minimum absolute atomic E-state index is 0.0369. The summed E-state index contributed by atoms with van der Waals surface area (Å²) in [6.07, 6.45) is 3.23. The maximum absolute atomic E-state index is 13.0. The van der Waals surface area contributed by atoms with E-state index in [4.69, 9.17) is 4.98 Å². The number of fused-ring (bicyclic) bond motifs is 1. The van der Waals surface area contributed by atoms with Crippen molar-refractivity contribution in [2.45, 2.75) is 32.7 Å². The average Bonchev–Trinajstić information content (AvgIpc) is 2.77. The average molecular weight is 420 g/mol. The van der Waals surface area contributed by atoms with Crippen LogP contribution >= 0.6 is 0 Å². The number of halogens is 1. The van der Waals surface area contributed by atoms with E-state index in [1.165, 1.54) is 12.1 Å². The third kappa shape index (κ3) is 4.19. The van der Waals surface area contributed by atoms with Crippen LogP contribution in [0.1, 0.15) is 24.0 Å². The fourth-order valence-electron chi connectivity index (χ4n) is 3.68. The van der Waals surface area contributed by atoms with Crippen LogP contribution in [0.5, 0.6) is 0 Å². The zero-order chi connectivity index (χ0) is 22.1. The number of nitrogens with zero attached hydrogens (tertiary/aromatic N) is 5. The highest BCUT2D eigenvalue weighted by Gasteiger charge is 2.34. The molecule has 3 heterocycles. The van der Waals surface area contributed by atoms with Gasteiger partial charge in [-0.15, -0.1) is 0 Å². The van der Waals surface area contributed by atoms with Gasteiger partial charge < -0.3 is 15.1 Å². The Kier molecular flexibility index (Phi) is 5.54. The molecule has 4 rings (SSSR count). The van der Waals surface area contributed by atoms with Gasteiger partial charge in [-0.3, -0.25) is 4.79 Å². The summed E-state index contributed by atoms with van der Waals surface area (Å²) in [5.41, 5.74) is 3.41. The number of benzene rings is 1. The lowest BCUT2D eigenvalue weighted by atomic mass is 10.1. The van der Waals surface area contributed by atoms with E-state index >= 15 is 0 Å². The number of hydrogen-bond acceptors (Lipinski definition) is 6. The molecule has 0 fully saturated rings. The van der Waals surface area contributed by atoms with Crippen molar-refractivity contribution in [3.05, 3.63) is 65.5 Å². The van der Waals surface area contributed by atoms with Crippen molar-refractivity contribution in [3.8, 4) is 0 Å². The minimum Gasteiger partial charge on any atom is -0.346 e. The molecule has 1 aliphatic rings. The van der Waals surface area contributed by atoms with Gasteiger partial charge >= 0.3 is 0 Å². The Morgan fingerprint density at radius 2 is 1.81 bits per heavy atom. The van der Waals surface area contributed by atoms with Gasteiger partial charge in [-0.05, 0) is 56.2 Å². The lowest BCUT2D eigenvalue weighted by molar-refractivity contribution is -0.119. The van der Waals surface area contributed by atoms with Crippen molar-refractivity contribution in [3.63, 3.8) is 0 Å². The van der Waals surface area contributed by atoms with Gasteiger partial charge in [0.1, 0.15) is 29.2 Å². The van der Waals surface area contributed by atoms with Crippen molar-refractivity contribution in [1.29, 1.82) is 0 Å². The number of anilines is 4. The molecule has 0 saturated heterocycles. The van der Waals surface area contributed by atoms with Crippen LogP contribution in [0.3, 0.4) is 0 Å². The first-order valence-corrected chi connectivity index (χ1v) is 10.2. The topological polar surface area (TPSA) is 74.2 Å². The zero-order valence-corrected chi connectivity index (χ0v) is 18.1. The van der Waals surface area contributed by atoms with Crippen molar-refractivity contribution in [2.24, 2.45) is 0 Å². The first-order chi connectivity index (χ1) is 14.8. The molecule has 1 aromatic carbocycles. The normalized spacial score (nSPS) is 15.8. The number of likely N-dealkylation sites (N-methyl/N-ethyl adjacent to an activating group) is 2. The summed E-state index contributed by atoms with van der Waals surface area (Å²) in [4.78, 5) is 29.8. The van der Waals surface area contributed by atoms with Gasteiger partial charge in [0.2, 0.25) is 5.91 Å². The van der Waals surface area contributed by atoms with Crippen molar-refractivity contribution < 1.29 is 9.18 Å². The molecule has 31 heavy (non-hydrogen) atoms. The predicted molar refractivity (Wildman–Crippen MR) is 119 cm³/mol. The summed E-state index contributed by atoms with van der Waals surface area (Å²) in [5.74, 6) is 1.99. The summed E-state index contributed by atoms with van der Waals surface area (Å²) < 4.78 is 13.0. The van der Waals surface area contributed by atoms with E-state index in [1.54, 1.807) is 24.1 Å². The number of aryl methyl sites for hydroxylation is 3. The Morgan fingerprint density at radius 1 is 1.06 bits per heavy atom. The predicted octanol–water partition coefficient (Wildman–Crippen LogP) is 3.65. The van der Waals surface area contributed by atoms with E-state index in [-0.39, 0.29) is 17.8 Å². The molecule has 0 saturated carbocycles. The zero-order valence-electron chi connectivity index (χ0n) is 18.1. The molecule has 1 unspecified atom stereocenters. The monoisotopic (exact) mass is 420 g/mol. The molecule has 160 valence electrons. The number of carbonyl (C=O) groups is 1. The van der Waals surface area contributed by atoms with Crippen LogP contribution < -0.4 is 15.1 Å². The number of rotatable bonds is 5. The van der Waals surface area contributed by atoms with Gasteiger partial charge in [0.25, 0.3) is 0 Å². The first-order valence-electron chi connectivity index (χ1n) is 10.2. The van der Waals surface area contributed by atoms with E-state index in [0.29, 0.717) is 12.2 Å². The van der Waals surface area contributed by atoms with Gasteiger partial charge in [-0.2, -0.15) is 0 Å². The van der Waals surface area contributed by atoms with Crippen LogP contribution in [0.25, 0.3) is 0 Å². The van der Waals surface area contributed by atoms with Gasteiger partial charge in [-0.25, -0.2) is 19.3 Å². The standard InChI is InChI=1S/C23H25FN6O/c1-14-21-22(29(3)15(2)23(31)30(21)4)28-20(26-14)12-6-16-5-11-19(25-13-16)27-18-9-7-17(24)8-10-18/h5,7-11,13,15H,6,12H2,1-4H3,(H,25,27). The van der Waals surface area contributed by atoms with E-state index in [1.807, 2.05) is 44.1 Å². The van der Waals surface area contributed by atoms with Crippen LogP contribution in [0, 0.1) is 12.7 Å². The van der Waals surface area contributed by atoms with Crippen LogP contribution in [0.2, 0.25) is 0 Å². The lowest BCUT2D eigenvalue weighted by Crippen LogP contribution is -2.50. The molecule has 0 radical (unpaired) electrons. The number of pyridine rings is 1. The van der Waals surface area contributed by atoms with Crippen LogP contribution in [-0.2, 0) is 17.6 Å². The van der Waals surface area contributed by atoms with E-state index in [2.05, 4.69) is 15.3 Å². The highest BCUT2D eigenvalue weighted by Crippen LogP contribution is 2.34. The van der Waals surface area contributed by atoms with Crippen LogP contribution in [0.15, 0.2) is 42.6 Å². The quantitative estimate of drug-likeness (QED) is 0.679. The Morgan fingerprint density at radius 3 is 2.48 bits per heavy atom. The molecule has 2 aromatic heterocycles. The van der Waals surface area contributed by atoms with Gasteiger partial charge in [0.05, 0.1) is 5.69 Å².